The van der Waals surface area contributed by atoms with Crippen molar-refractivity contribution in [2.75, 3.05) is 0 Å². The Hall–Kier alpha value is -2.07. The molecule has 112 valence electrons. The molecule has 2 aromatic rings. The Labute approximate surface area is 124 Å². The van der Waals surface area contributed by atoms with Gasteiger partial charge < -0.3 is 14.4 Å². The maximum Gasteiger partial charge on any atom is 0.256 e. The van der Waals surface area contributed by atoms with Crippen molar-refractivity contribution in [3.8, 4) is 17.0 Å². The third-order valence-electron chi connectivity index (χ3n) is 3.24. The standard InChI is InChI=1S/C17H21NO3/c1-4-18-16(9-8-14(11-19)17(18)20)13-6-5-7-15(10-13)21-12(2)3/h5-10,12,19H,4,11H2,1-3H3. The molecule has 0 unspecified atom stereocenters. The first-order valence-corrected chi connectivity index (χ1v) is 7.17. The van der Waals surface area contributed by atoms with Crippen molar-refractivity contribution in [3.63, 3.8) is 0 Å². The van der Waals surface area contributed by atoms with E-state index in [4.69, 9.17) is 4.74 Å². The van der Waals surface area contributed by atoms with Crippen molar-refractivity contribution in [3.05, 3.63) is 52.3 Å². The van der Waals surface area contributed by atoms with Gasteiger partial charge in [0, 0.05) is 17.7 Å². The van der Waals surface area contributed by atoms with E-state index in [2.05, 4.69) is 0 Å². The lowest BCUT2D eigenvalue weighted by Crippen LogP contribution is -2.24. The van der Waals surface area contributed by atoms with E-state index in [9.17, 15) is 9.90 Å². The lowest BCUT2D eigenvalue weighted by Gasteiger charge is -2.15. The number of hydrogen-bond acceptors (Lipinski definition) is 3. The second-order valence-corrected chi connectivity index (χ2v) is 5.15. The van der Waals surface area contributed by atoms with Crippen LogP contribution in [-0.2, 0) is 13.2 Å². The highest BCUT2D eigenvalue weighted by Gasteiger charge is 2.10. The van der Waals surface area contributed by atoms with Crippen molar-refractivity contribution in [2.24, 2.45) is 0 Å². The molecule has 0 aliphatic rings. The number of ether oxygens (including phenoxy) is 1. The molecule has 21 heavy (non-hydrogen) atoms. The first kappa shape index (κ1) is 15.3. The van der Waals surface area contributed by atoms with Crippen LogP contribution in [0.3, 0.4) is 0 Å². The number of benzene rings is 1. The van der Waals surface area contributed by atoms with Gasteiger partial charge >= 0.3 is 0 Å². The van der Waals surface area contributed by atoms with E-state index in [0.717, 1.165) is 17.0 Å². The molecule has 1 N–H and O–H groups in total. The molecule has 0 fully saturated rings. The van der Waals surface area contributed by atoms with Gasteiger partial charge in [-0.2, -0.15) is 0 Å². The van der Waals surface area contributed by atoms with Crippen LogP contribution in [0.2, 0.25) is 0 Å². The van der Waals surface area contributed by atoms with Crippen LogP contribution < -0.4 is 10.3 Å². The van der Waals surface area contributed by atoms with Crippen molar-refractivity contribution in [1.82, 2.24) is 4.57 Å². The summed E-state index contributed by atoms with van der Waals surface area (Å²) in [6.07, 6.45) is 0.102. The van der Waals surface area contributed by atoms with Gasteiger partial charge in [-0.3, -0.25) is 4.79 Å². The smallest absolute Gasteiger partial charge is 0.256 e. The van der Waals surface area contributed by atoms with E-state index in [0.29, 0.717) is 12.1 Å². The van der Waals surface area contributed by atoms with Gasteiger partial charge in [-0.25, -0.2) is 0 Å². The molecular weight excluding hydrogens is 266 g/mol. The minimum Gasteiger partial charge on any atom is -0.491 e. The summed E-state index contributed by atoms with van der Waals surface area (Å²) in [4.78, 5) is 12.3. The number of hydrogen-bond donors (Lipinski definition) is 1. The fourth-order valence-electron chi connectivity index (χ4n) is 2.31. The maximum absolute atomic E-state index is 12.3. The molecule has 1 aromatic carbocycles. The van der Waals surface area contributed by atoms with E-state index in [-0.39, 0.29) is 18.3 Å². The van der Waals surface area contributed by atoms with Crippen LogP contribution in [0.15, 0.2) is 41.2 Å². The number of pyridine rings is 1. The van der Waals surface area contributed by atoms with E-state index in [1.807, 2.05) is 51.1 Å². The molecule has 0 saturated heterocycles. The summed E-state index contributed by atoms with van der Waals surface area (Å²) in [7, 11) is 0. The zero-order valence-corrected chi connectivity index (χ0v) is 12.7. The quantitative estimate of drug-likeness (QED) is 0.920. The molecule has 4 heteroatoms. The highest BCUT2D eigenvalue weighted by atomic mass is 16.5. The summed E-state index contributed by atoms with van der Waals surface area (Å²) < 4.78 is 7.36. The normalized spacial score (nSPS) is 10.9. The van der Waals surface area contributed by atoms with E-state index in [1.165, 1.54) is 0 Å². The minimum atomic E-state index is -0.240. The molecule has 0 radical (unpaired) electrons. The Bertz CT molecular complexity index is 674. The first-order chi connectivity index (χ1) is 10.1. The van der Waals surface area contributed by atoms with Gasteiger partial charge in [0.25, 0.3) is 5.56 Å². The summed E-state index contributed by atoms with van der Waals surface area (Å²) in [5, 5.41) is 9.21. The Balaban J connectivity index is 2.51. The van der Waals surface area contributed by atoms with Crippen molar-refractivity contribution < 1.29 is 9.84 Å². The van der Waals surface area contributed by atoms with Crippen LogP contribution >= 0.6 is 0 Å². The van der Waals surface area contributed by atoms with Crippen molar-refractivity contribution in [1.29, 1.82) is 0 Å². The van der Waals surface area contributed by atoms with E-state index < -0.39 is 0 Å². The lowest BCUT2D eigenvalue weighted by atomic mass is 10.1. The predicted molar refractivity (Wildman–Crippen MR) is 83.5 cm³/mol. The highest BCUT2D eigenvalue weighted by Crippen LogP contribution is 2.24. The minimum absolute atomic E-state index is 0.102. The Kier molecular flexibility index (Phi) is 4.81. The average molecular weight is 287 g/mol. The SMILES string of the molecule is CCn1c(-c2cccc(OC(C)C)c2)ccc(CO)c1=O. The number of aliphatic hydroxyl groups excluding tert-OH is 1. The molecule has 1 heterocycles. The maximum atomic E-state index is 12.3. The highest BCUT2D eigenvalue weighted by molar-refractivity contribution is 5.62. The van der Waals surface area contributed by atoms with Gasteiger partial charge in [-0.05, 0) is 45.0 Å². The Morgan fingerprint density at radius 1 is 1.24 bits per heavy atom. The van der Waals surface area contributed by atoms with E-state index >= 15 is 0 Å². The van der Waals surface area contributed by atoms with E-state index in [1.54, 1.807) is 10.6 Å². The first-order valence-electron chi connectivity index (χ1n) is 7.17. The predicted octanol–water partition coefficient (Wildman–Crippen LogP) is 2.81. The van der Waals surface area contributed by atoms with Gasteiger partial charge in [-0.15, -0.1) is 0 Å². The summed E-state index contributed by atoms with van der Waals surface area (Å²) in [6.45, 7) is 6.18. The molecule has 0 spiro atoms. The lowest BCUT2D eigenvalue weighted by molar-refractivity contribution is 0.242. The third kappa shape index (κ3) is 3.34. The fourth-order valence-corrected chi connectivity index (χ4v) is 2.31. The van der Waals surface area contributed by atoms with Gasteiger partial charge in [-0.1, -0.05) is 12.1 Å². The molecule has 1 aromatic heterocycles. The second-order valence-electron chi connectivity index (χ2n) is 5.15. The van der Waals surface area contributed by atoms with Crippen molar-refractivity contribution in [2.45, 2.75) is 40.0 Å². The molecule has 0 bridgehead atoms. The fraction of sp³-hybridized carbons (Fsp3) is 0.353. The molecule has 0 atom stereocenters. The Morgan fingerprint density at radius 2 is 2.00 bits per heavy atom. The number of nitrogens with zero attached hydrogens (tertiary/aromatic N) is 1. The molecular formula is C17H21NO3. The summed E-state index contributed by atoms with van der Waals surface area (Å²) in [5.74, 6) is 0.781. The summed E-state index contributed by atoms with van der Waals surface area (Å²) in [5.41, 5.74) is 2.02. The van der Waals surface area contributed by atoms with Gasteiger partial charge in [0.2, 0.25) is 0 Å². The molecule has 0 aliphatic heterocycles. The number of aromatic nitrogens is 1. The van der Waals surface area contributed by atoms with Gasteiger partial charge in [0.1, 0.15) is 5.75 Å². The topological polar surface area (TPSA) is 51.5 Å². The average Bonchev–Trinajstić information content (AvgIpc) is 2.46. The number of aliphatic hydroxyl groups is 1. The van der Waals surface area contributed by atoms with Crippen LogP contribution in [0.5, 0.6) is 5.75 Å². The number of rotatable bonds is 5. The molecule has 0 saturated carbocycles. The Morgan fingerprint density at radius 3 is 2.62 bits per heavy atom. The van der Waals surface area contributed by atoms with Crippen LogP contribution in [0.4, 0.5) is 0 Å². The largest absolute Gasteiger partial charge is 0.491 e. The van der Waals surface area contributed by atoms with Gasteiger partial charge in [0.05, 0.1) is 18.4 Å². The molecule has 0 amide bonds. The molecule has 2 rings (SSSR count). The summed E-state index contributed by atoms with van der Waals surface area (Å²) in [6, 6.07) is 11.2. The zero-order valence-electron chi connectivity index (χ0n) is 12.7. The summed E-state index contributed by atoms with van der Waals surface area (Å²) >= 11 is 0. The van der Waals surface area contributed by atoms with Crippen LogP contribution in [0.25, 0.3) is 11.3 Å². The van der Waals surface area contributed by atoms with Gasteiger partial charge in [0.15, 0.2) is 0 Å². The zero-order chi connectivity index (χ0) is 15.4. The van der Waals surface area contributed by atoms with Crippen molar-refractivity contribution >= 4 is 0 Å². The molecule has 4 nitrogen and oxygen atoms in total. The molecule has 0 aliphatic carbocycles. The monoisotopic (exact) mass is 287 g/mol. The van der Waals surface area contributed by atoms with Crippen LogP contribution in [0, 0.1) is 0 Å². The second kappa shape index (κ2) is 6.59. The van der Waals surface area contributed by atoms with Crippen LogP contribution in [-0.4, -0.2) is 15.8 Å². The third-order valence-corrected chi connectivity index (χ3v) is 3.24. The van der Waals surface area contributed by atoms with Crippen LogP contribution in [0.1, 0.15) is 26.3 Å².